The second-order valence-corrected chi connectivity index (χ2v) is 3.08. The molecule has 0 fully saturated rings. The van der Waals surface area contributed by atoms with Crippen molar-refractivity contribution in [2.45, 2.75) is 20.8 Å². The average molecular weight is 159 g/mol. The molecule has 0 aromatic rings. The standard InChI is InChI=1S/C7H13NO3/c1-5(4-8-11)7(2,3)6(9)10/h4-5,11H,1-3H3,(H,9,10)/b8-4+. The Morgan fingerprint density at radius 3 is 2.36 bits per heavy atom. The van der Waals surface area contributed by atoms with Crippen LogP contribution >= 0.6 is 0 Å². The molecule has 0 radical (unpaired) electrons. The molecule has 1 unspecified atom stereocenters. The van der Waals surface area contributed by atoms with E-state index in [-0.39, 0.29) is 5.92 Å². The van der Waals surface area contributed by atoms with Crippen molar-refractivity contribution in [1.29, 1.82) is 0 Å². The minimum Gasteiger partial charge on any atom is -0.481 e. The fourth-order valence-electron chi connectivity index (χ4n) is 0.481. The highest BCUT2D eigenvalue weighted by atomic mass is 16.4. The van der Waals surface area contributed by atoms with Crippen molar-refractivity contribution in [3.05, 3.63) is 0 Å². The van der Waals surface area contributed by atoms with Gasteiger partial charge in [-0.1, -0.05) is 6.92 Å². The van der Waals surface area contributed by atoms with Crippen molar-refractivity contribution in [3.63, 3.8) is 0 Å². The number of aliphatic carboxylic acids is 1. The molecule has 0 heterocycles. The van der Waals surface area contributed by atoms with E-state index >= 15 is 0 Å². The first-order chi connectivity index (χ1) is 4.92. The van der Waals surface area contributed by atoms with Crippen molar-refractivity contribution in [1.82, 2.24) is 0 Å². The van der Waals surface area contributed by atoms with E-state index in [0.29, 0.717) is 0 Å². The Labute approximate surface area is 65.5 Å². The highest BCUT2D eigenvalue weighted by molar-refractivity contribution is 5.79. The first kappa shape index (κ1) is 9.94. The zero-order chi connectivity index (χ0) is 9.07. The van der Waals surface area contributed by atoms with Gasteiger partial charge in [-0.15, -0.1) is 5.16 Å². The molecule has 0 aliphatic heterocycles. The molecule has 64 valence electrons. The van der Waals surface area contributed by atoms with Crippen LogP contribution in [0.3, 0.4) is 0 Å². The van der Waals surface area contributed by atoms with Crippen LogP contribution in [0.15, 0.2) is 5.16 Å². The average Bonchev–Trinajstić information content (AvgIpc) is 1.88. The van der Waals surface area contributed by atoms with Gasteiger partial charge in [-0.3, -0.25) is 4.79 Å². The van der Waals surface area contributed by atoms with Crippen LogP contribution in [-0.2, 0) is 4.79 Å². The number of carboxylic acid groups (broad SMARTS) is 1. The fraction of sp³-hybridized carbons (Fsp3) is 0.714. The normalized spacial score (nSPS) is 15.2. The van der Waals surface area contributed by atoms with Gasteiger partial charge in [-0.2, -0.15) is 0 Å². The lowest BCUT2D eigenvalue weighted by Crippen LogP contribution is -2.31. The predicted octanol–water partition coefficient (Wildman–Crippen LogP) is 1.19. The number of oxime groups is 1. The second kappa shape index (κ2) is 3.37. The lowest BCUT2D eigenvalue weighted by Gasteiger charge is -2.22. The van der Waals surface area contributed by atoms with Crippen molar-refractivity contribution in [2.24, 2.45) is 16.5 Å². The molecule has 11 heavy (non-hydrogen) atoms. The lowest BCUT2D eigenvalue weighted by molar-refractivity contribution is -0.148. The molecule has 0 aliphatic rings. The van der Waals surface area contributed by atoms with E-state index in [9.17, 15) is 4.79 Å². The molecule has 1 atom stereocenters. The summed E-state index contributed by atoms with van der Waals surface area (Å²) in [4.78, 5) is 10.6. The van der Waals surface area contributed by atoms with Crippen molar-refractivity contribution in [3.8, 4) is 0 Å². The molecular weight excluding hydrogens is 146 g/mol. The molecule has 0 bridgehead atoms. The number of hydrogen-bond acceptors (Lipinski definition) is 3. The molecule has 0 aliphatic carbocycles. The number of nitrogens with zero attached hydrogens (tertiary/aromatic N) is 1. The molecule has 0 aromatic heterocycles. The zero-order valence-electron chi connectivity index (χ0n) is 6.90. The van der Waals surface area contributed by atoms with Crippen molar-refractivity contribution < 1.29 is 15.1 Å². The predicted molar refractivity (Wildman–Crippen MR) is 40.9 cm³/mol. The van der Waals surface area contributed by atoms with Gasteiger partial charge in [-0.05, 0) is 13.8 Å². The van der Waals surface area contributed by atoms with Crippen LogP contribution in [0.5, 0.6) is 0 Å². The molecule has 0 amide bonds. The van der Waals surface area contributed by atoms with Gasteiger partial charge in [-0.25, -0.2) is 0 Å². The minimum atomic E-state index is -0.898. The maximum Gasteiger partial charge on any atom is 0.309 e. The Balaban J connectivity index is 4.41. The summed E-state index contributed by atoms with van der Waals surface area (Å²) in [5.41, 5.74) is -0.883. The summed E-state index contributed by atoms with van der Waals surface area (Å²) < 4.78 is 0. The molecule has 0 spiro atoms. The molecular formula is C7H13NO3. The first-order valence-corrected chi connectivity index (χ1v) is 3.34. The van der Waals surface area contributed by atoms with Gasteiger partial charge in [0.05, 0.1) is 5.41 Å². The summed E-state index contributed by atoms with van der Waals surface area (Å²) >= 11 is 0. The van der Waals surface area contributed by atoms with E-state index in [2.05, 4.69) is 5.16 Å². The van der Waals surface area contributed by atoms with Gasteiger partial charge in [0.1, 0.15) is 0 Å². The van der Waals surface area contributed by atoms with Gasteiger partial charge < -0.3 is 10.3 Å². The summed E-state index contributed by atoms with van der Waals surface area (Å²) in [5, 5.41) is 19.6. The molecule has 4 nitrogen and oxygen atoms in total. The van der Waals surface area contributed by atoms with E-state index < -0.39 is 11.4 Å². The van der Waals surface area contributed by atoms with Gasteiger partial charge in [0, 0.05) is 12.1 Å². The van der Waals surface area contributed by atoms with E-state index in [4.69, 9.17) is 10.3 Å². The van der Waals surface area contributed by atoms with Gasteiger partial charge in [0.2, 0.25) is 0 Å². The van der Waals surface area contributed by atoms with Crippen LogP contribution in [-0.4, -0.2) is 22.5 Å². The Morgan fingerprint density at radius 1 is 1.64 bits per heavy atom. The topological polar surface area (TPSA) is 69.9 Å². The molecule has 2 N–H and O–H groups in total. The van der Waals surface area contributed by atoms with Gasteiger partial charge in [0.15, 0.2) is 0 Å². The smallest absolute Gasteiger partial charge is 0.309 e. The molecule has 0 saturated carbocycles. The molecule has 4 heteroatoms. The summed E-state index contributed by atoms with van der Waals surface area (Å²) in [6.45, 7) is 4.86. The molecule has 0 rings (SSSR count). The minimum absolute atomic E-state index is 0.287. The second-order valence-electron chi connectivity index (χ2n) is 3.08. The number of hydrogen-bond donors (Lipinski definition) is 2. The maximum atomic E-state index is 10.6. The monoisotopic (exact) mass is 159 g/mol. The Morgan fingerprint density at radius 2 is 2.09 bits per heavy atom. The highest BCUT2D eigenvalue weighted by Gasteiger charge is 2.32. The van der Waals surface area contributed by atoms with Gasteiger partial charge >= 0.3 is 5.97 Å². The zero-order valence-corrected chi connectivity index (χ0v) is 6.90. The Bertz CT molecular complexity index is 175. The van der Waals surface area contributed by atoms with Crippen LogP contribution < -0.4 is 0 Å². The SMILES string of the molecule is CC(/C=N/O)C(C)(C)C(=O)O. The third-order valence-electron chi connectivity index (χ3n) is 1.98. The van der Waals surface area contributed by atoms with E-state index in [1.165, 1.54) is 6.21 Å². The first-order valence-electron chi connectivity index (χ1n) is 3.34. The van der Waals surface area contributed by atoms with E-state index in [0.717, 1.165) is 0 Å². The van der Waals surface area contributed by atoms with Crippen LogP contribution in [0, 0.1) is 11.3 Å². The number of rotatable bonds is 3. The molecule has 0 saturated heterocycles. The lowest BCUT2D eigenvalue weighted by atomic mass is 9.81. The van der Waals surface area contributed by atoms with Crippen molar-refractivity contribution in [2.75, 3.05) is 0 Å². The number of carbonyl (C=O) groups is 1. The number of carboxylic acids is 1. The fourth-order valence-corrected chi connectivity index (χ4v) is 0.481. The summed E-state index contributed by atoms with van der Waals surface area (Å²) in [6.07, 6.45) is 1.22. The Hall–Kier alpha value is -1.06. The summed E-state index contributed by atoms with van der Waals surface area (Å²) in [6, 6.07) is 0. The van der Waals surface area contributed by atoms with E-state index in [1.807, 2.05) is 0 Å². The van der Waals surface area contributed by atoms with E-state index in [1.54, 1.807) is 20.8 Å². The van der Waals surface area contributed by atoms with Crippen LogP contribution in [0.25, 0.3) is 0 Å². The Kier molecular flexibility index (Phi) is 3.04. The van der Waals surface area contributed by atoms with Gasteiger partial charge in [0.25, 0.3) is 0 Å². The highest BCUT2D eigenvalue weighted by Crippen LogP contribution is 2.24. The van der Waals surface area contributed by atoms with Crippen LogP contribution in [0.1, 0.15) is 20.8 Å². The quantitative estimate of drug-likeness (QED) is 0.369. The summed E-state index contributed by atoms with van der Waals surface area (Å²) in [7, 11) is 0. The van der Waals surface area contributed by atoms with Crippen LogP contribution in [0.2, 0.25) is 0 Å². The largest absolute Gasteiger partial charge is 0.481 e. The van der Waals surface area contributed by atoms with Crippen LogP contribution in [0.4, 0.5) is 0 Å². The molecule has 0 aromatic carbocycles. The third-order valence-corrected chi connectivity index (χ3v) is 1.98. The third kappa shape index (κ3) is 2.22. The van der Waals surface area contributed by atoms with Crippen molar-refractivity contribution >= 4 is 12.2 Å². The summed E-state index contributed by atoms with van der Waals surface area (Å²) in [5.74, 6) is -1.19. The maximum absolute atomic E-state index is 10.6.